The van der Waals surface area contributed by atoms with E-state index in [4.69, 9.17) is 10.5 Å². The van der Waals surface area contributed by atoms with Gasteiger partial charge in [-0.3, -0.25) is 4.79 Å². The van der Waals surface area contributed by atoms with Crippen LogP contribution in [0.15, 0.2) is 71.6 Å². The molecule has 1 saturated heterocycles. The normalized spacial score (nSPS) is 15.3. The zero-order valence-electron chi connectivity index (χ0n) is 16.4. The average molecular weight is 426 g/mol. The number of sulfonamides is 1. The minimum absolute atomic E-state index is 0.0803. The summed E-state index contributed by atoms with van der Waals surface area (Å²) in [6.07, 6.45) is 0. The lowest BCUT2D eigenvalue weighted by Gasteiger charge is -2.34. The van der Waals surface area contributed by atoms with E-state index in [0.717, 1.165) is 10.8 Å². The molecule has 1 aliphatic rings. The molecule has 0 aliphatic carbocycles. The van der Waals surface area contributed by atoms with Crippen LogP contribution in [0.2, 0.25) is 0 Å². The number of nitrogens with two attached hydrogens (primary N) is 1. The standard InChI is InChI=1S/C22H23N3O4S/c23-19-6-9-21(10-7-19)30(27,28)25-13-11-24(12-14-25)22(26)16-29-20-8-5-17-3-1-2-4-18(17)15-20/h1-10,15H,11-14,16,23H2. The monoisotopic (exact) mass is 425 g/mol. The Morgan fingerprint density at radius 1 is 0.900 bits per heavy atom. The highest BCUT2D eigenvalue weighted by molar-refractivity contribution is 7.89. The molecule has 0 radical (unpaired) electrons. The van der Waals surface area contributed by atoms with E-state index < -0.39 is 10.0 Å². The fourth-order valence-electron chi connectivity index (χ4n) is 3.46. The summed E-state index contributed by atoms with van der Waals surface area (Å²) in [6, 6.07) is 19.8. The Kier molecular flexibility index (Phi) is 5.61. The number of hydrogen-bond acceptors (Lipinski definition) is 5. The molecule has 4 rings (SSSR count). The van der Waals surface area contributed by atoms with Crippen LogP contribution in [0.5, 0.6) is 5.75 Å². The van der Waals surface area contributed by atoms with Crippen LogP contribution in [-0.4, -0.2) is 56.3 Å². The van der Waals surface area contributed by atoms with Gasteiger partial charge in [-0.2, -0.15) is 4.31 Å². The molecule has 1 fully saturated rings. The quantitative estimate of drug-likeness (QED) is 0.634. The lowest BCUT2D eigenvalue weighted by molar-refractivity contribution is -0.134. The molecule has 30 heavy (non-hydrogen) atoms. The van der Waals surface area contributed by atoms with Gasteiger partial charge in [0, 0.05) is 31.9 Å². The van der Waals surface area contributed by atoms with Crippen LogP contribution in [0.25, 0.3) is 10.8 Å². The number of carbonyl (C=O) groups excluding carboxylic acids is 1. The number of piperazine rings is 1. The van der Waals surface area contributed by atoms with Gasteiger partial charge in [0.25, 0.3) is 5.91 Å². The van der Waals surface area contributed by atoms with Gasteiger partial charge in [-0.05, 0) is 47.2 Å². The fraction of sp³-hybridized carbons (Fsp3) is 0.227. The lowest BCUT2D eigenvalue weighted by Crippen LogP contribution is -2.51. The van der Waals surface area contributed by atoms with E-state index in [1.54, 1.807) is 17.0 Å². The summed E-state index contributed by atoms with van der Waals surface area (Å²) in [5.41, 5.74) is 6.14. The zero-order chi connectivity index (χ0) is 21.1. The Labute approximate surface area is 175 Å². The number of benzene rings is 3. The Morgan fingerprint density at radius 3 is 2.27 bits per heavy atom. The number of ether oxygens (including phenoxy) is 1. The number of fused-ring (bicyclic) bond motifs is 1. The minimum Gasteiger partial charge on any atom is -0.484 e. The van der Waals surface area contributed by atoms with Crippen molar-refractivity contribution in [1.82, 2.24) is 9.21 Å². The third-order valence-electron chi connectivity index (χ3n) is 5.19. The Balaban J connectivity index is 1.33. The van der Waals surface area contributed by atoms with Crippen molar-refractivity contribution in [3.05, 3.63) is 66.7 Å². The van der Waals surface area contributed by atoms with Crippen LogP contribution in [-0.2, 0) is 14.8 Å². The summed E-state index contributed by atoms with van der Waals surface area (Å²) in [7, 11) is -3.60. The minimum atomic E-state index is -3.60. The van der Waals surface area contributed by atoms with Crippen LogP contribution >= 0.6 is 0 Å². The smallest absolute Gasteiger partial charge is 0.260 e. The molecule has 3 aromatic carbocycles. The summed E-state index contributed by atoms with van der Waals surface area (Å²) in [4.78, 5) is 14.4. The van der Waals surface area contributed by atoms with Gasteiger partial charge < -0.3 is 15.4 Å². The molecule has 1 amide bonds. The molecule has 0 aromatic heterocycles. The molecule has 1 aliphatic heterocycles. The molecule has 156 valence electrons. The first-order valence-corrected chi connectivity index (χ1v) is 11.1. The summed E-state index contributed by atoms with van der Waals surface area (Å²) in [5, 5.41) is 2.15. The summed E-state index contributed by atoms with van der Waals surface area (Å²) < 4.78 is 32.6. The molecular formula is C22H23N3O4S. The number of hydrogen-bond donors (Lipinski definition) is 1. The molecule has 7 nitrogen and oxygen atoms in total. The van der Waals surface area contributed by atoms with Crippen LogP contribution < -0.4 is 10.5 Å². The van der Waals surface area contributed by atoms with Crippen molar-refractivity contribution in [3.63, 3.8) is 0 Å². The molecule has 0 bridgehead atoms. The van der Waals surface area contributed by atoms with Crippen molar-refractivity contribution in [2.75, 3.05) is 38.5 Å². The second kappa shape index (κ2) is 8.33. The second-order valence-electron chi connectivity index (χ2n) is 7.15. The second-order valence-corrected chi connectivity index (χ2v) is 9.09. The van der Waals surface area contributed by atoms with Crippen LogP contribution in [0.3, 0.4) is 0 Å². The van der Waals surface area contributed by atoms with Crippen molar-refractivity contribution in [1.29, 1.82) is 0 Å². The molecule has 8 heteroatoms. The Hall–Kier alpha value is -3.10. The first-order chi connectivity index (χ1) is 14.4. The van der Waals surface area contributed by atoms with Crippen molar-refractivity contribution < 1.29 is 17.9 Å². The number of nitrogen functional groups attached to an aromatic ring is 1. The molecule has 0 spiro atoms. The number of nitrogens with zero attached hydrogens (tertiary/aromatic N) is 2. The zero-order valence-corrected chi connectivity index (χ0v) is 17.2. The first-order valence-electron chi connectivity index (χ1n) is 9.68. The van der Waals surface area contributed by atoms with E-state index in [-0.39, 0.29) is 30.5 Å². The van der Waals surface area contributed by atoms with Crippen LogP contribution in [0, 0.1) is 0 Å². The van der Waals surface area contributed by atoms with Crippen LogP contribution in [0.1, 0.15) is 0 Å². The number of carbonyl (C=O) groups is 1. The van der Waals surface area contributed by atoms with E-state index in [1.807, 2.05) is 42.5 Å². The van der Waals surface area contributed by atoms with Gasteiger partial charge in [0.15, 0.2) is 6.61 Å². The maximum atomic E-state index is 12.7. The molecule has 3 aromatic rings. The molecule has 0 unspecified atom stereocenters. The van der Waals surface area contributed by atoms with Crippen molar-refractivity contribution in [2.24, 2.45) is 0 Å². The maximum absolute atomic E-state index is 12.7. The SMILES string of the molecule is Nc1ccc(S(=O)(=O)N2CCN(C(=O)COc3ccc4ccccc4c3)CC2)cc1. The Morgan fingerprint density at radius 2 is 1.57 bits per heavy atom. The van der Waals surface area contributed by atoms with Gasteiger partial charge in [0.2, 0.25) is 10.0 Å². The highest BCUT2D eigenvalue weighted by Gasteiger charge is 2.30. The van der Waals surface area contributed by atoms with Crippen molar-refractivity contribution >= 4 is 32.4 Å². The van der Waals surface area contributed by atoms with Gasteiger partial charge in [-0.15, -0.1) is 0 Å². The van der Waals surface area contributed by atoms with Gasteiger partial charge >= 0.3 is 0 Å². The third kappa shape index (κ3) is 4.24. The van der Waals surface area contributed by atoms with Crippen molar-refractivity contribution in [2.45, 2.75) is 4.90 Å². The van der Waals surface area contributed by atoms with Gasteiger partial charge in [-0.1, -0.05) is 30.3 Å². The van der Waals surface area contributed by atoms with Gasteiger partial charge in [-0.25, -0.2) is 8.42 Å². The lowest BCUT2D eigenvalue weighted by atomic mass is 10.1. The number of amides is 1. The van der Waals surface area contributed by atoms with Gasteiger partial charge in [0.1, 0.15) is 5.75 Å². The maximum Gasteiger partial charge on any atom is 0.260 e. The molecule has 0 saturated carbocycles. The molecule has 0 atom stereocenters. The predicted octanol–water partition coefficient (Wildman–Crippen LogP) is 2.33. The first kappa shape index (κ1) is 20.2. The van der Waals surface area contributed by atoms with Gasteiger partial charge in [0.05, 0.1) is 4.90 Å². The highest BCUT2D eigenvalue weighted by atomic mass is 32.2. The number of anilines is 1. The van der Waals surface area contributed by atoms with Crippen LogP contribution in [0.4, 0.5) is 5.69 Å². The number of rotatable bonds is 5. The van der Waals surface area contributed by atoms with E-state index in [2.05, 4.69) is 0 Å². The third-order valence-corrected chi connectivity index (χ3v) is 7.11. The van der Waals surface area contributed by atoms with E-state index in [9.17, 15) is 13.2 Å². The largest absolute Gasteiger partial charge is 0.484 e. The summed E-state index contributed by atoms with van der Waals surface area (Å²) >= 11 is 0. The summed E-state index contributed by atoms with van der Waals surface area (Å²) in [6.45, 7) is 1.06. The molecule has 1 heterocycles. The van der Waals surface area contributed by atoms with E-state index in [1.165, 1.54) is 16.4 Å². The van der Waals surface area contributed by atoms with Crippen molar-refractivity contribution in [3.8, 4) is 5.75 Å². The van der Waals surface area contributed by atoms with E-state index >= 15 is 0 Å². The molecule has 2 N–H and O–H groups in total. The highest BCUT2D eigenvalue weighted by Crippen LogP contribution is 2.21. The fourth-order valence-corrected chi connectivity index (χ4v) is 4.88. The topological polar surface area (TPSA) is 92.9 Å². The predicted molar refractivity (Wildman–Crippen MR) is 116 cm³/mol. The molecular weight excluding hydrogens is 402 g/mol. The van der Waals surface area contributed by atoms with E-state index in [0.29, 0.717) is 24.5 Å². The summed E-state index contributed by atoms with van der Waals surface area (Å²) in [5.74, 6) is 0.472. The average Bonchev–Trinajstić information content (AvgIpc) is 2.77. The Bertz CT molecular complexity index is 1150.